The van der Waals surface area contributed by atoms with E-state index in [1.54, 1.807) is 18.3 Å². The zero-order valence-corrected chi connectivity index (χ0v) is 23.1. The fourth-order valence-electron chi connectivity index (χ4n) is 6.40. The van der Waals surface area contributed by atoms with Crippen LogP contribution in [0.2, 0.25) is 0 Å². The molecule has 3 aliphatic heterocycles. The predicted molar refractivity (Wildman–Crippen MR) is 158 cm³/mol. The Bertz CT molecular complexity index is 1520. The highest BCUT2D eigenvalue weighted by Crippen LogP contribution is 2.27. The molecule has 41 heavy (non-hydrogen) atoms. The van der Waals surface area contributed by atoms with Crippen LogP contribution in [-0.2, 0) is 9.59 Å². The minimum absolute atomic E-state index is 0.206. The Labute approximate surface area is 238 Å². The lowest BCUT2D eigenvalue weighted by molar-refractivity contribution is -0.135. The summed E-state index contributed by atoms with van der Waals surface area (Å²) in [6, 6.07) is 14.7. The van der Waals surface area contributed by atoms with Gasteiger partial charge in [-0.3, -0.25) is 29.4 Å². The highest BCUT2D eigenvalue weighted by molar-refractivity contribution is 5.99. The van der Waals surface area contributed by atoms with Gasteiger partial charge in [-0.15, -0.1) is 0 Å². The van der Waals surface area contributed by atoms with Gasteiger partial charge in [-0.1, -0.05) is 0 Å². The summed E-state index contributed by atoms with van der Waals surface area (Å²) in [5, 5.41) is 3.77. The summed E-state index contributed by atoms with van der Waals surface area (Å²) in [5.41, 5.74) is 7.95. The Hall–Kier alpha value is -4.18. The minimum Gasteiger partial charge on any atom is -0.372 e. The molecule has 3 amide bonds. The number of amides is 3. The molecule has 0 radical (unpaired) electrons. The highest BCUT2D eigenvalue weighted by atomic mass is 16.2. The lowest BCUT2D eigenvalue weighted by Crippen LogP contribution is -2.49. The number of rotatable bonds is 6. The molecule has 4 heterocycles. The number of pyridine rings is 1. The van der Waals surface area contributed by atoms with Gasteiger partial charge in [0.05, 0.1) is 0 Å². The fourth-order valence-corrected chi connectivity index (χ4v) is 6.40. The zero-order chi connectivity index (χ0) is 28.5. The second-order valence-electron chi connectivity index (χ2n) is 11.4. The first-order valence-electron chi connectivity index (χ1n) is 14.5. The molecule has 1 atom stereocenters. The van der Waals surface area contributed by atoms with Crippen LogP contribution in [0.1, 0.15) is 42.1 Å². The van der Waals surface area contributed by atoms with E-state index in [2.05, 4.69) is 26.1 Å². The van der Waals surface area contributed by atoms with Crippen molar-refractivity contribution in [3.8, 4) is 0 Å². The molecule has 3 saturated heterocycles. The Balaban J connectivity index is 1.02. The molecule has 1 aromatic heterocycles. The van der Waals surface area contributed by atoms with Crippen LogP contribution in [0.25, 0.3) is 10.8 Å². The van der Waals surface area contributed by atoms with Crippen LogP contribution in [0.5, 0.6) is 0 Å². The summed E-state index contributed by atoms with van der Waals surface area (Å²) in [5.74, 6) is -0.429. The molecule has 0 saturated carbocycles. The second-order valence-corrected chi connectivity index (χ2v) is 11.4. The lowest BCUT2D eigenvalue weighted by Gasteiger charge is -2.40. The van der Waals surface area contributed by atoms with E-state index in [4.69, 9.17) is 5.73 Å². The van der Waals surface area contributed by atoms with E-state index in [1.165, 1.54) is 4.57 Å². The molecule has 0 bridgehead atoms. The molecule has 0 aliphatic carbocycles. The standard InChI is InChI=1S/C31H36N6O4/c32-29(39)22-1-3-24(4-2-22)35-12-9-21(10-13-35)20-34-15-17-36(18-16-34)25-5-6-26-23(19-25)11-14-37(31(26)41)27-7-8-28(38)33-30(27)40/h1-6,11,14,19,21,27H,7-10,12-13,15-18,20H2,(H2,32,39)(H,33,38,40). The molecule has 1 unspecified atom stereocenters. The fraction of sp³-hybridized carbons (Fsp3) is 0.419. The van der Waals surface area contributed by atoms with E-state index in [-0.39, 0.29) is 17.9 Å². The van der Waals surface area contributed by atoms with Crippen LogP contribution < -0.4 is 26.4 Å². The van der Waals surface area contributed by atoms with Gasteiger partial charge in [0, 0.05) is 80.8 Å². The number of hydrogen-bond donors (Lipinski definition) is 2. The molecule has 2 aromatic carbocycles. The third-order valence-electron chi connectivity index (χ3n) is 8.85. The molecule has 3 N–H and O–H groups in total. The maximum atomic E-state index is 13.2. The smallest absolute Gasteiger partial charge is 0.259 e. The maximum absolute atomic E-state index is 13.2. The number of aromatic nitrogens is 1. The van der Waals surface area contributed by atoms with Gasteiger partial charge in [-0.2, -0.15) is 0 Å². The molecule has 3 fully saturated rings. The van der Waals surface area contributed by atoms with Crippen molar-refractivity contribution in [3.63, 3.8) is 0 Å². The number of anilines is 2. The normalized spacial score (nSPS) is 20.8. The number of carbonyl (C=O) groups is 3. The van der Waals surface area contributed by atoms with Crippen molar-refractivity contribution in [2.75, 3.05) is 55.6 Å². The number of nitrogens with one attached hydrogen (secondary N) is 1. The summed E-state index contributed by atoms with van der Waals surface area (Å²) in [6.45, 7) is 7.02. The third-order valence-corrected chi connectivity index (χ3v) is 8.85. The van der Waals surface area contributed by atoms with Gasteiger partial charge in [0.2, 0.25) is 17.7 Å². The number of primary amides is 1. The zero-order valence-electron chi connectivity index (χ0n) is 23.1. The van der Waals surface area contributed by atoms with Gasteiger partial charge in [0.25, 0.3) is 5.56 Å². The maximum Gasteiger partial charge on any atom is 0.259 e. The van der Waals surface area contributed by atoms with Crippen LogP contribution in [0.4, 0.5) is 11.4 Å². The van der Waals surface area contributed by atoms with Crippen LogP contribution >= 0.6 is 0 Å². The van der Waals surface area contributed by atoms with Gasteiger partial charge < -0.3 is 20.1 Å². The van der Waals surface area contributed by atoms with Crippen molar-refractivity contribution in [2.24, 2.45) is 11.7 Å². The molecular weight excluding hydrogens is 520 g/mol. The number of piperazine rings is 1. The molecule has 3 aromatic rings. The van der Waals surface area contributed by atoms with Crippen molar-refractivity contribution >= 4 is 39.9 Å². The summed E-state index contributed by atoms with van der Waals surface area (Å²) >= 11 is 0. The summed E-state index contributed by atoms with van der Waals surface area (Å²) in [4.78, 5) is 55.6. The third kappa shape index (κ3) is 5.69. The topological polar surface area (TPSA) is 121 Å². The van der Waals surface area contributed by atoms with E-state index < -0.39 is 17.9 Å². The first-order chi connectivity index (χ1) is 19.9. The highest BCUT2D eigenvalue weighted by Gasteiger charge is 2.29. The van der Waals surface area contributed by atoms with E-state index in [9.17, 15) is 19.2 Å². The second kappa shape index (κ2) is 11.4. The number of piperidine rings is 2. The van der Waals surface area contributed by atoms with Crippen LogP contribution in [0.15, 0.2) is 59.5 Å². The summed E-state index contributed by atoms with van der Waals surface area (Å²) < 4.78 is 1.45. The van der Waals surface area contributed by atoms with Crippen molar-refractivity contribution in [2.45, 2.75) is 31.7 Å². The Kier molecular flexibility index (Phi) is 7.49. The number of hydrogen-bond acceptors (Lipinski definition) is 7. The predicted octanol–water partition coefficient (Wildman–Crippen LogP) is 2.12. The van der Waals surface area contributed by atoms with Crippen molar-refractivity contribution in [1.29, 1.82) is 0 Å². The van der Waals surface area contributed by atoms with Crippen LogP contribution in [-0.4, -0.2) is 73.0 Å². The van der Waals surface area contributed by atoms with Gasteiger partial charge in [0.15, 0.2) is 0 Å². The molecule has 6 rings (SSSR count). The molecular formula is C31H36N6O4. The van der Waals surface area contributed by atoms with Gasteiger partial charge >= 0.3 is 0 Å². The van der Waals surface area contributed by atoms with Crippen molar-refractivity contribution in [3.05, 3.63) is 70.6 Å². The molecule has 0 spiro atoms. The minimum atomic E-state index is -0.653. The average molecular weight is 557 g/mol. The van der Waals surface area contributed by atoms with E-state index in [1.807, 2.05) is 30.3 Å². The number of carbonyl (C=O) groups excluding carboxylic acids is 3. The lowest BCUT2D eigenvalue weighted by atomic mass is 9.95. The monoisotopic (exact) mass is 556 g/mol. The first kappa shape index (κ1) is 27.0. The van der Waals surface area contributed by atoms with Crippen LogP contribution in [0.3, 0.4) is 0 Å². The van der Waals surface area contributed by atoms with E-state index in [0.29, 0.717) is 23.3 Å². The summed E-state index contributed by atoms with van der Waals surface area (Å²) in [6.07, 6.45) is 4.55. The van der Waals surface area contributed by atoms with Gasteiger partial charge in [-0.25, -0.2) is 0 Å². The molecule has 3 aliphatic rings. The number of benzene rings is 2. The molecule has 10 nitrogen and oxygen atoms in total. The summed E-state index contributed by atoms with van der Waals surface area (Å²) in [7, 11) is 0. The van der Waals surface area contributed by atoms with Gasteiger partial charge in [-0.05, 0) is 79.1 Å². The SMILES string of the molecule is NC(=O)c1ccc(N2CCC(CN3CCN(c4ccc5c(=O)n(C6CCC(=O)NC6=O)ccc5c4)CC3)CC2)cc1. The Morgan fingerprint density at radius 3 is 2.20 bits per heavy atom. The van der Waals surface area contributed by atoms with Crippen molar-refractivity contribution in [1.82, 2.24) is 14.8 Å². The quantitative estimate of drug-likeness (QED) is 0.446. The number of nitrogens with two attached hydrogens (primary N) is 1. The largest absolute Gasteiger partial charge is 0.372 e. The number of fused-ring (bicyclic) bond motifs is 1. The van der Waals surface area contributed by atoms with Gasteiger partial charge in [0.1, 0.15) is 6.04 Å². The van der Waals surface area contributed by atoms with Crippen molar-refractivity contribution < 1.29 is 14.4 Å². The number of nitrogens with zero attached hydrogens (tertiary/aromatic N) is 4. The molecule has 214 valence electrons. The Morgan fingerprint density at radius 1 is 0.829 bits per heavy atom. The Morgan fingerprint density at radius 2 is 1.51 bits per heavy atom. The number of imide groups is 1. The van der Waals surface area contributed by atoms with Crippen LogP contribution in [0, 0.1) is 5.92 Å². The molecule has 10 heteroatoms. The average Bonchev–Trinajstić information content (AvgIpc) is 2.98. The van der Waals surface area contributed by atoms with E-state index >= 15 is 0 Å². The van der Waals surface area contributed by atoms with E-state index in [0.717, 1.165) is 75.4 Å². The first-order valence-corrected chi connectivity index (χ1v) is 14.5.